The topological polar surface area (TPSA) is 57.7 Å². The molecule has 25 heavy (non-hydrogen) atoms. The molecule has 1 aromatic heterocycles. The molecule has 0 spiro atoms. The fourth-order valence-corrected chi connectivity index (χ4v) is 2.94. The first kappa shape index (κ1) is 17.5. The Morgan fingerprint density at radius 2 is 2.28 bits per heavy atom. The highest BCUT2D eigenvalue weighted by molar-refractivity contribution is 9.10. The molecule has 0 saturated heterocycles. The Kier molecular flexibility index (Phi) is 5.38. The van der Waals surface area contributed by atoms with Crippen molar-refractivity contribution in [1.29, 1.82) is 0 Å². The largest absolute Gasteiger partial charge is 0.493 e. The lowest BCUT2D eigenvalue weighted by Gasteiger charge is -2.10. The SMILES string of the molecule is CCOc1cc2c(cc1C=CC(=O)Oc1cccnc1Br)OC(C)C2. The molecule has 0 bridgehead atoms. The van der Waals surface area contributed by atoms with E-state index in [1.54, 1.807) is 24.4 Å². The van der Waals surface area contributed by atoms with Crippen molar-refractivity contribution in [3.63, 3.8) is 0 Å². The van der Waals surface area contributed by atoms with Gasteiger partial charge in [0.15, 0.2) is 5.75 Å². The quantitative estimate of drug-likeness (QED) is 0.425. The minimum absolute atomic E-state index is 0.150. The molecule has 1 aliphatic heterocycles. The maximum absolute atomic E-state index is 12.1. The van der Waals surface area contributed by atoms with Gasteiger partial charge in [0.25, 0.3) is 0 Å². The molecule has 0 N–H and O–H groups in total. The van der Waals surface area contributed by atoms with Crippen LogP contribution in [0.1, 0.15) is 25.0 Å². The van der Waals surface area contributed by atoms with Crippen LogP contribution in [0.3, 0.4) is 0 Å². The van der Waals surface area contributed by atoms with Crippen molar-refractivity contribution in [1.82, 2.24) is 4.98 Å². The standard InChI is InChI=1S/C19H18BrNO4/c1-3-23-16-11-14-9-12(2)24-17(14)10-13(16)6-7-18(22)25-15-5-4-8-21-19(15)20/h4-8,10-12H,3,9H2,1-2H3. The summed E-state index contributed by atoms with van der Waals surface area (Å²) in [7, 11) is 0. The zero-order valence-electron chi connectivity index (χ0n) is 14.0. The van der Waals surface area contributed by atoms with E-state index in [2.05, 4.69) is 20.9 Å². The molecule has 3 rings (SSSR count). The third-order valence-corrected chi connectivity index (χ3v) is 4.26. The van der Waals surface area contributed by atoms with Crippen LogP contribution < -0.4 is 14.2 Å². The van der Waals surface area contributed by atoms with Crippen molar-refractivity contribution in [2.75, 3.05) is 6.61 Å². The number of ether oxygens (including phenoxy) is 3. The molecule has 0 amide bonds. The summed E-state index contributed by atoms with van der Waals surface area (Å²) in [5, 5.41) is 0. The minimum atomic E-state index is -0.495. The van der Waals surface area contributed by atoms with Gasteiger partial charge in [0.1, 0.15) is 22.2 Å². The van der Waals surface area contributed by atoms with Crippen molar-refractivity contribution >= 4 is 28.0 Å². The van der Waals surface area contributed by atoms with E-state index < -0.39 is 5.97 Å². The smallest absolute Gasteiger partial charge is 0.336 e. The number of carbonyl (C=O) groups is 1. The van der Waals surface area contributed by atoms with E-state index >= 15 is 0 Å². The van der Waals surface area contributed by atoms with E-state index in [0.29, 0.717) is 17.0 Å². The van der Waals surface area contributed by atoms with Gasteiger partial charge in [-0.2, -0.15) is 0 Å². The van der Waals surface area contributed by atoms with Crippen LogP contribution in [-0.2, 0) is 11.2 Å². The molecule has 2 aromatic rings. The normalized spacial score (nSPS) is 15.7. The first-order chi connectivity index (χ1) is 12.1. The number of nitrogens with zero attached hydrogens (tertiary/aromatic N) is 1. The summed E-state index contributed by atoms with van der Waals surface area (Å²) >= 11 is 3.24. The molecule has 1 aliphatic rings. The van der Waals surface area contributed by atoms with E-state index in [1.807, 2.05) is 26.0 Å². The number of halogens is 1. The van der Waals surface area contributed by atoms with Gasteiger partial charge in [-0.05, 0) is 60.1 Å². The molecule has 130 valence electrons. The van der Waals surface area contributed by atoms with Crippen molar-refractivity contribution in [3.8, 4) is 17.2 Å². The number of esters is 1. The summed E-state index contributed by atoms with van der Waals surface area (Å²) < 4.78 is 17.2. The van der Waals surface area contributed by atoms with Gasteiger partial charge < -0.3 is 14.2 Å². The van der Waals surface area contributed by atoms with Crippen molar-refractivity contribution in [2.45, 2.75) is 26.4 Å². The molecule has 0 aliphatic carbocycles. The van der Waals surface area contributed by atoms with E-state index in [-0.39, 0.29) is 6.10 Å². The van der Waals surface area contributed by atoms with Crippen molar-refractivity contribution in [2.24, 2.45) is 0 Å². The van der Waals surface area contributed by atoms with Gasteiger partial charge in [-0.3, -0.25) is 0 Å². The molecule has 1 atom stereocenters. The predicted molar refractivity (Wildman–Crippen MR) is 98.0 cm³/mol. The highest BCUT2D eigenvalue weighted by Gasteiger charge is 2.21. The average Bonchev–Trinajstić information content (AvgIpc) is 2.94. The number of fused-ring (bicyclic) bond motifs is 1. The summed E-state index contributed by atoms with van der Waals surface area (Å²) in [5.74, 6) is 1.43. The summed E-state index contributed by atoms with van der Waals surface area (Å²) in [4.78, 5) is 16.1. The highest BCUT2D eigenvalue weighted by atomic mass is 79.9. The molecule has 6 heteroatoms. The van der Waals surface area contributed by atoms with Gasteiger partial charge in [-0.1, -0.05) is 0 Å². The van der Waals surface area contributed by atoms with Gasteiger partial charge in [-0.15, -0.1) is 0 Å². The van der Waals surface area contributed by atoms with Crippen LogP contribution in [0.4, 0.5) is 0 Å². The lowest BCUT2D eigenvalue weighted by atomic mass is 10.1. The number of benzene rings is 1. The molecule has 1 unspecified atom stereocenters. The zero-order chi connectivity index (χ0) is 17.8. The second kappa shape index (κ2) is 7.70. The second-order valence-corrected chi connectivity index (χ2v) is 6.36. The molecule has 2 heterocycles. The highest BCUT2D eigenvalue weighted by Crippen LogP contribution is 2.35. The third-order valence-electron chi connectivity index (χ3n) is 3.66. The lowest BCUT2D eigenvalue weighted by molar-refractivity contribution is -0.128. The Balaban J connectivity index is 1.79. The summed E-state index contributed by atoms with van der Waals surface area (Å²) in [6, 6.07) is 7.24. The van der Waals surface area contributed by atoms with E-state index in [0.717, 1.165) is 29.0 Å². The van der Waals surface area contributed by atoms with Gasteiger partial charge in [0.05, 0.1) is 6.61 Å². The Morgan fingerprint density at radius 3 is 3.04 bits per heavy atom. The van der Waals surface area contributed by atoms with Crippen molar-refractivity contribution in [3.05, 3.63) is 52.3 Å². The van der Waals surface area contributed by atoms with Crippen LogP contribution in [0.2, 0.25) is 0 Å². The first-order valence-corrected chi connectivity index (χ1v) is 8.83. The molecular formula is C19H18BrNO4. The van der Waals surface area contributed by atoms with Gasteiger partial charge in [0.2, 0.25) is 0 Å². The molecule has 0 saturated carbocycles. The van der Waals surface area contributed by atoms with Gasteiger partial charge in [0, 0.05) is 29.8 Å². The van der Waals surface area contributed by atoms with Crippen LogP contribution in [0.15, 0.2) is 41.1 Å². The second-order valence-electron chi connectivity index (χ2n) is 5.61. The van der Waals surface area contributed by atoms with Crippen LogP contribution >= 0.6 is 15.9 Å². The van der Waals surface area contributed by atoms with Crippen LogP contribution in [-0.4, -0.2) is 23.7 Å². The predicted octanol–water partition coefficient (Wildman–Crippen LogP) is 4.19. The Labute approximate surface area is 154 Å². The molecule has 0 fully saturated rings. The number of hydrogen-bond donors (Lipinski definition) is 0. The molecule has 1 aromatic carbocycles. The maximum Gasteiger partial charge on any atom is 0.336 e. The summed E-state index contributed by atoms with van der Waals surface area (Å²) in [5.41, 5.74) is 1.90. The number of rotatable bonds is 5. The Bertz CT molecular complexity index is 819. The van der Waals surface area contributed by atoms with Crippen molar-refractivity contribution < 1.29 is 19.0 Å². The fourth-order valence-electron chi connectivity index (χ4n) is 2.61. The summed E-state index contributed by atoms with van der Waals surface area (Å²) in [6.45, 7) is 4.50. The summed E-state index contributed by atoms with van der Waals surface area (Å²) in [6.07, 6.45) is 5.65. The van der Waals surface area contributed by atoms with E-state index in [9.17, 15) is 4.79 Å². The maximum atomic E-state index is 12.1. The Morgan fingerprint density at radius 1 is 1.44 bits per heavy atom. The first-order valence-electron chi connectivity index (χ1n) is 8.03. The van der Waals surface area contributed by atoms with Gasteiger partial charge >= 0.3 is 5.97 Å². The number of hydrogen-bond acceptors (Lipinski definition) is 5. The average molecular weight is 404 g/mol. The van der Waals surface area contributed by atoms with Crippen LogP contribution in [0.5, 0.6) is 17.2 Å². The number of carbonyl (C=O) groups excluding carboxylic acids is 1. The monoisotopic (exact) mass is 403 g/mol. The third kappa shape index (κ3) is 4.20. The van der Waals surface area contributed by atoms with Gasteiger partial charge in [-0.25, -0.2) is 9.78 Å². The molecular weight excluding hydrogens is 386 g/mol. The minimum Gasteiger partial charge on any atom is -0.493 e. The van der Waals surface area contributed by atoms with E-state index in [4.69, 9.17) is 14.2 Å². The van der Waals surface area contributed by atoms with Crippen LogP contribution in [0, 0.1) is 0 Å². The lowest BCUT2D eigenvalue weighted by Crippen LogP contribution is -2.05. The molecule has 0 radical (unpaired) electrons. The van der Waals surface area contributed by atoms with Crippen LogP contribution in [0.25, 0.3) is 6.08 Å². The molecule has 5 nitrogen and oxygen atoms in total. The fraction of sp³-hybridized carbons (Fsp3) is 0.263. The van der Waals surface area contributed by atoms with E-state index in [1.165, 1.54) is 6.08 Å². The Hall–Kier alpha value is -2.34. The zero-order valence-corrected chi connectivity index (χ0v) is 15.6. The number of pyridine rings is 1. The number of aromatic nitrogens is 1.